The molecular weight excluding hydrogens is 380 g/mol. The van der Waals surface area contributed by atoms with Crippen molar-refractivity contribution in [1.82, 2.24) is 0 Å². The van der Waals surface area contributed by atoms with Crippen molar-refractivity contribution in [2.24, 2.45) is 17.8 Å². The lowest BCUT2D eigenvalue weighted by molar-refractivity contribution is -0.161. The molecule has 4 aliphatic rings. The number of methoxy groups -OCH3 is 1. The van der Waals surface area contributed by atoms with Gasteiger partial charge in [-0.25, -0.2) is 0 Å². The van der Waals surface area contributed by atoms with E-state index in [0.717, 1.165) is 34.4 Å². The zero-order valence-electron chi connectivity index (χ0n) is 15.2. The van der Waals surface area contributed by atoms with Gasteiger partial charge in [0.25, 0.3) is 0 Å². The maximum absolute atomic E-state index is 5.76. The predicted octanol–water partition coefficient (Wildman–Crippen LogP) is 5.45. The highest BCUT2D eigenvalue weighted by Gasteiger charge is 2.51. The molecule has 1 aromatic rings. The van der Waals surface area contributed by atoms with E-state index in [-0.39, 0.29) is 13.1 Å². The zero-order chi connectivity index (χ0) is 17.4. The fourth-order valence-corrected chi connectivity index (χ4v) is 6.29. The van der Waals surface area contributed by atoms with Crippen molar-refractivity contribution in [2.45, 2.75) is 63.6 Å². The van der Waals surface area contributed by atoms with E-state index in [1.54, 1.807) is 7.11 Å². The highest BCUT2D eigenvalue weighted by molar-refractivity contribution is 9.10. The van der Waals surface area contributed by atoms with E-state index in [1.807, 2.05) is 13.0 Å². The van der Waals surface area contributed by atoms with Crippen LogP contribution in [0.3, 0.4) is 0 Å². The summed E-state index contributed by atoms with van der Waals surface area (Å²) in [5.41, 5.74) is 1.76. The van der Waals surface area contributed by atoms with Crippen LogP contribution in [0.25, 0.3) is 0 Å². The number of benzene rings is 1. The van der Waals surface area contributed by atoms with Crippen molar-refractivity contribution in [3.8, 4) is 5.75 Å². The number of halogens is 1. The third-order valence-electron chi connectivity index (χ3n) is 6.54. The molecule has 0 aromatic heterocycles. The summed E-state index contributed by atoms with van der Waals surface area (Å²) in [7, 11) is 1.65. The molecule has 0 heterocycles. The Hall–Kier alpha value is -0.580. The van der Waals surface area contributed by atoms with Crippen molar-refractivity contribution < 1.29 is 14.2 Å². The lowest BCUT2D eigenvalue weighted by Gasteiger charge is -2.57. The Labute approximate surface area is 159 Å². The summed E-state index contributed by atoms with van der Waals surface area (Å²) in [6.07, 6.45) is 9.07. The van der Waals surface area contributed by atoms with Gasteiger partial charge < -0.3 is 14.2 Å². The Kier molecular flexibility index (Phi) is 5.13. The average Bonchev–Trinajstić information content (AvgIpc) is 2.58. The lowest BCUT2D eigenvalue weighted by atomic mass is 9.48. The van der Waals surface area contributed by atoms with Crippen LogP contribution in [-0.4, -0.2) is 20.2 Å². The summed E-state index contributed by atoms with van der Waals surface area (Å²) in [5.74, 6) is 3.63. The van der Waals surface area contributed by atoms with Gasteiger partial charge in [-0.1, -0.05) is 6.92 Å². The van der Waals surface area contributed by atoms with Crippen LogP contribution >= 0.6 is 15.9 Å². The van der Waals surface area contributed by atoms with Crippen LogP contribution in [-0.2, 0) is 14.9 Å². The molecule has 1 atom stereocenters. The first-order valence-electron chi connectivity index (χ1n) is 9.61. The SMILES string of the molecule is CCC(OC)OCOc1c[c]c(C23CC4CC(CC(C4)C2)C3)cc1Br. The van der Waals surface area contributed by atoms with Crippen LogP contribution in [0, 0.1) is 23.8 Å². The van der Waals surface area contributed by atoms with Gasteiger partial charge in [0.15, 0.2) is 13.1 Å². The van der Waals surface area contributed by atoms with E-state index in [9.17, 15) is 0 Å². The second-order valence-corrected chi connectivity index (χ2v) is 9.11. The molecule has 0 aliphatic heterocycles. The first kappa shape index (κ1) is 17.8. The normalized spacial score (nSPS) is 34.3. The molecule has 1 unspecified atom stereocenters. The molecule has 25 heavy (non-hydrogen) atoms. The Balaban J connectivity index is 1.45. The Morgan fingerprint density at radius 3 is 2.36 bits per heavy atom. The van der Waals surface area contributed by atoms with Crippen LogP contribution in [0.2, 0.25) is 0 Å². The number of hydrogen-bond donors (Lipinski definition) is 0. The molecule has 5 rings (SSSR count). The van der Waals surface area contributed by atoms with E-state index in [0.29, 0.717) is 5.41 Å². The summed E-state index contributed by atoms with van der Waals surface area (Å²) >= 11 is 3.70. The van der Waals surface area contributed by atoms with Gasteiger partial charge in [0.2, 0.25) is 0 Å². The molecule has 1 radical (unpaired) electrons. The highest BCUT2D eigenvalue weighted by Crippen LogP contribution is 2.60. The topological polar surface area (TPSA) is 27.7 Å². The minimum Gasteiger partial charge on any atom is -0.466 e. The van der Waals surface area contributed by atoms with E-state index in [2.05, 4.69) is 28.1 Å². The summed E-state index contributed by atoms with van der Waals surface area (Å²) in [4.78, 5) is 0. The van der Waals surface area contributed by atoms with Gasteiger partial charge in [-0.3, -0.25) is 0 Å². The van der Waals surface area contributed by atoms with E-state index < -0.39 is 0 Å². The Morgan fingerprint density at radius 2 is 1.84 bits per heavy atom. The predicted molar refractivity (Wildman–Crippen MR) is 100 cm³/mol. The van der Waals surface area contributed by atoms with Crippen molar-refractivity contribution in [2.75, 3.05) is 13.9 Å². The monoisotopic (exact) mass is 407 g/mol. The maximum atomic E-state index is 5.76. The third-order valence-corrected chi connectivity index (χ3v) is 7.16. The molecule has 4 heteroatoms. The quantitative estimate of drug-likeness (QED) is 0.562. The van der Waals surface area contributed by atoms with Gasteiger partial charge in [-0.15, -0.1) is 0 Å². The summed E-state index contributed by atoms with van der Waals surface area (Å²) in [6.45, 7) is 2.22. The van der Waals surface area contributed by atoms with Crippen LogP contribution in [0.5, 0.6) is 5.75 Å². The third kappa shape index (κ3) is 3.50. The van der Waals surface area contributed by atoms with E-state index >= 15 is 0 Å². The van der Waals surface area contributed by atoms with Gasteiger partial charge in [0.05, 0.1) is 4.47 Å². The smallest absolute Gasteiger partial charge is 0.192 e. The standard InChI is InChI=1S/C21H28BrO3/c1-3-20(23-2)25-13-24-19-5-4-17(9-18(19)22)21-10-14-6-15(11-21)8-16(7-14)12-21/h5,9,14-16,20H,3,6-8,10-13H2,1-2H3. The van der Waals surface area contributed by atoms with Crippen molar-refractivity contribution in [1.29, 1.82) is 0 Å². The molecule has 4 bridgehead atoms. The minimum absolute atomic E-state index is 0.190. The zero-order valence-corrected chi connectivity index (χ0v) is 16.8. The molecule has 0 amide bonds. The molecule has 3 nitrogen and oxygen atoms in total. The molecule has 4 fully saturated rings. The first-order valence-corrected chi connectivity index (χ1v) is 10.4. The second kappa shape index (κ2) is 7.21. The second-order valence-electron chi connectivity index (χ2n) is 8.26. The summed E-state index contributed by atoms with van der Waals surface area (Å²) < 4.78 is 17.5. The van der Waals surface area contributed by atoms with Crippen molar-refractivity contribution in [3.63, 3.8) is 0 Å². The molecule has 1 aromatic carbocycles. The molecule has 0 saturated heterocycles. The number of rotatable bonds is 7. The molecule has 0 spiro atoms. The Bertz CT molecular complexity index is 576. The largest absolute Gasteiger partial charge is 0.466 e. The van der Waals surface area contributed by atoms with Gasteiger partial charge in [-0.05, 0) is 108 Å². The van der Waals surface area contributed by atoms with Crippen molar-refractivity contribution >= 4 is 15.9 Å². The van der Waals surface area contributed by atoms with Gasteiger partial charge in [-0.2, -0.15) is 0 Å². The minimum atomic E-state index is -0.214. The summed E-state index contributed by atoms with van der Waals surface area (Å²) in [5, 5.41) is 0. The molecular formula is C21H28BrO3. The molecule has 137 valence electrons. The fourth-order valence-electron chi connectivity index (χ4n) is 5.84. The lowest BCUT2D eigenvalue weighted by Crippen LogP contribution is -2.48. The summed E-state index contributed by atoms with van der Waals surface area (Å²) in [6, 6.07) is 7.79. The number of hydrogen-bond acceptors (Lipinski definition) is 3. The van der Waals surface area contributed by atoms with E-state index in [1.165, 1.54) is 44.1 Å². The Morgan fingerprint density at radius 1 is 1.20 bits per heavy atom. The van der Waals surface area contributed by atoms with Crippen LogP contribution in [0.15, 0.2) is 16.6 Å². The fraction of sp³-hybridized carbons (Fsp3) is 0.714. The maximum Gasteiger partial charge on any atom is 0.192 e. The van der Waals surface area contributed by atoms with E-state index in [4.69, 9.17) is 14.2 Å². The van der Waals surface area contributed by atoms with Gasteiger partial charge in [0, 0.05) is 7.11 Å². The first-order chi connectivity index (χ1) is 12.1. The highest BCUT2D eigenvalue weighted by atomic mass is 79.9. The molecule has 4 aliphatic carbocycles. The van der Waals surface area contributed by atoms with Crippen LogP contribution in [0.1, 0.15) is 57.4 Å². The molecule has 0 N–H and O–H groups in total. The molecule has 4 saturated carbocycles. The number of ether oxygens (including phenoxy) is 3. The van der Waals surface area contributed by atoms with Gasteiger partial charge in [0.1, 0.15) is 5.75 Å². The van der Waals surface area contributed by atoms with Crippen molar-refractivity contribution in [3.05, 3.63) is 28.2 Å². The van der Waals surface area contributed by atoms with Crippen LogP contribution < -0.4 is 4.74 Å². The van der Waals surface area contributed by atoms with Gasteiger partial charge >= 0.3 is 0 Å². The van der Waals surface area contributed by atoms with Crippen LogP contribution in [0.4, 0.5) is 0 Å². The average molecular weight is 408 g/mol.